The zero-order chi connectivity index (χ0) is 24.4. The number of amides is 2. The predicted molar refractivity (Wildman–Crippen MR) is 123 cm³/mol. The lowest BCUT2D eigenvalue weighted by Crippen LogP contribution is -2.44. The number of guanidine groups is 1. The van der Waals surface area contributed by atoms with Crippen LogP contribution in [0.25, 0.3) is 0 Å². The molecule has 8 N–H and O–H groups in total. The van der Waals surface area contributed by atoms with E-state index in [2.05, 4.69) is 16.0 Å². The molecule has 0 radical (unpaired) electrons. The Morgan fingerprint density at radius 2 is 1.79 bits per heavy atom. The number of nitrogens with one attached hydrogen (secondary N) is 4. The van der Waals surface area contributed by atoms with E-state index in [0.29, 0.717) is 10.6 Å². The first-order valence-electron chi connectivity index (χ1n) is 9.61. The number of carboxylic acids is 2. The van der Waals surface area contributed by atoms with E-state index in [1.807, 2.05) is 0 Å². The molecule has 11 nitrogen and oxygen atoms in total. The molecule has 2 aromatic carbocycles. The number of hydrogen-bond acceptors (Lipinski definition) is 6. The topological polar surface area (TPSA) is 195 Å². The van der Waals surface area contributed by atoms with Crippen LogP contribution >= 0.6 is 11.8 Å². The van der Waals surface area contributed by atoms with Gasteiger partial charge in [0.1, 0.15) is 0 Å². The van der Waals surface area contributed by atoms with Gasteiger partial charge in [0, 0.05) is 27.9 Å². The van der Waals surface area contributed by atoms with Crippen molar-refractivity contribution in [2.75, 3.05) is 17.6 Å². The van der Waals surface area contributed by atoms with E-state index in [9.17, 15) is 24.3 Å². The van der Waals surface area contributed by atoms with Crippen LogP contribution in [0.5, 0.6) is 0 Å². The number of aliphatic carboxylic acids is 1. The third-order valence-corrected chi connectivity index (χ3v) is 5.39. The Morgan fingerprint density at radius 1 is 1.06 bits per heavy atom. The number of benzene rings is 2. The minimum Gasteiger partial charge on any atom is -0.481 e. The van der Waals surface area contributed by atoms with E-state index in [0.717, 1.165) is 11.8 Å². The van der Waals surface area contributed by atoms with Crippen molar-refractivity contribution < 1.29 is 29.4 Å². The number of anilines is 1. The molecule has 2 aromatic rings. The molecule has 12 heteroatoms. The van der Waals surface area contributed by atoms with Gasteiger partial charge in [-0.05, 0) is 30.3 Å². The molecular formula is C21H23N5O6S. The minimum atomic E-state index is -1.13. The van der Waals surface area contributed by atoms with Gasteiger partial charge in [0.2, 0.25) is 5.91 Å². The number of aromatic carboxylic acids is 1. The van der Waals surface area contributed by atoms with E-state index in [1.165, 1.54) is 18.2 Å². The number of hydrogen-bond donors (Lipinski definition) is 7. The van der Waals surface area contributed by atoms with E-state index in [-0.39, 0.29) is 29.3 Å². The molecule has 2 amide bonds. The van der Waals surface area contributed by atoms with Gasteiger partial charge in [0.25, 0.3) is 5.91 Å². The predicted octanol–water partition coefficient (Wildman–Crippen LogP) is 1.17. The number of rotatable bonds is 11. The summed E-state index contributed by atoms with van der Waals surface area (Å²) in [4.78, 5) is 47.5. The lowest BCUT2D eigenvalue weighted by atomic mass is 10.2. The van der Waals surface area contributed by atoms with Crippen molar-refractivity contribution in [3.63, 3.8) is 0 Å². The second kappa shape index (κ2) is 12.1. The minimum absolute atomic E-state index is 0.0802. The van der Waals surface area contributed by atoms with Crippen LogP contribution in [0.1, 0.15) is 27.1 Å². The van der Waals surface area contributed by atoms with Crippen molar-refractivity contribution in [1.29, 1.82) is 5.41 Å². The Bertz CT molecular complexity index is 1060. The number of nitrogens with two attached hydrogens (primary N) is 1. The molecule has 0 aromatic heterocycles. The van der Waals surface area contributed by atoms with Gasteiger partial charge >= 0.3 is 11.9 Å². The Labute approximate surface area is 193 Å². The Hall–Kier alpha value is -4.06. The Balaban J connectivity index is 1.94. The maximum absolute atomic E-state index is 12.3. The third-order valence-electron chi connectivity index (χ3n) is 4.16. The van der Waals surface area contributed by atoms with Crippen LogP contribution in [0.4, 0.5) is 5.69 Å². The molecule has 33 heavy (non-hydrogen) atoms. The van der Waals surface area contributed by atoms with Gasteiger partial charge in [-0.25, -0.2) is 4.79 Å². The fourth-order valence-corrected chi connectivity index (χ4v) is 3.82. The summed E-state index contributed by atoms with van der Waals surface area (Å²) in [5.74, 6) is -3.56. The number of carbonyl (C=O) groups is 4. The molecule has 0 saturated carbocycles. The summed E-state index contributed by atoms with van der Waals surface area (Å²) in [5, 5.41) is 33.2. The molecule has 1 atom stereocenters. The quantitative estimate of drug-likeness (QED) is 0.142. The molecular weight excluding hydrogens is 450 g/mol. The summed E-state index contributed by atoms with van der Waals surface area (Å²) in [6, 6.07) is 11.7. The molecule has 0 saturated heterocycles. The summed E-state index contributed by atoms with van der Waals surface area (Å²) < 4.78 is 0. The average molecular weight is 474 g/mol. The first kappa shape index (κ1) is 25.2. The van der Waals surface area contributed by atoms with Gasteiger partial charge in [0.15, 0.2) is 5.96 Å². The monoisotopic (exact) mass is 473 g/mol. The number of carbonyl (C=O) groups excluding carboxylic acids is 2. The molecule has 2 rings (SSSR count). The lowest BCUT2D eigenvalue weighted by Gasteiger charge is -2.17. The molecule has 0 unspecified atom stereocenters. The van der Waals surface area contributed by atoms with Crippen molar-refractivity contribution in [1.82, 2.24) is 10.6 Å². The zero-order valence-corrected chi connectivity index (χ0v) is 18.1. The van der Waals surface area contributed by atoms with Crippen molar-refractivity contribution >= 4 is 47.2 Å². The highest BCUT2D eigenvalue weighted by Gasteiger charge is 2.19. The summed E-state index contributed by atoms with van der Waals surface area (Å²) in [5.41, 5.74) is 6.00. The first-order valence-corrected chi connectivity index (χ1v) is 10.6. The van der Waals surface area contributed by atoms with Crippen molar-refractivity contribution in [3.8, 4) is 0 Å². The van der Waals surface area contributed by atoms with Crippen LogP contribution in [0, 0.1) is 5.41 Å². The van der Waals surface area contributed by atoms with Crippen LogP contribution in [-0.4, -0.2) is 58.3 Å². The first-order chi connectivity index (χ1) is 15.7. The van der Waals surface area contributed by atoms with Crippen LogP contribution in [0.2, 0.25) is 0 Å². The number of carboxylic acid groups (broad SMARTS) is 2. The SMILES string of the molecule is N=C(N)Nc1cccc(C(=O)NCC(=O)N[C@@H](CSc2ccccc2C(=O)O)CC(=O)O)c1. The van der Waals surface area contributed by atoms with Crippen LogP contribution in [0.15, 0.2) is 53.4 Å². The third kappa shape index (κ3) is 8.53. The molecule has 0 heterocycles. The van der Waals surface area contributed by atoms with Gasteiger partial charge in [-0.3, -0.25) is 19.8 Å². The Morgan fingerprint density at radius 3 is 2.45 bits per heavy atom. The molecule has 0 aliphatic heterocycles. The van der Waals surface area contributed by atoms with E-state index < -0.39 is 36.3 Å². The van der Waals surface area contributed by atoms with E-state index in [1.54, 1.807) is 30.3 Å². The molecule has 0 spiro atoms. The van der Waals surface area contributed by atoms with E-state index in [4.69, 9.17) is 16.2 Å². The molecule has 174 valence electrons. The highest BCUT2D eigenvalue weighted by atomic mass is 32.2. The highest BCUT2D eigenvalue weighted by Crippen LogP contribution is 2.24. The summed E-state index contributed by atoms with van der Waals surface area (Å²) in [6.07, 6.45) is -0.374. The molecule has 0 aliphatic carbocycles. The van der Waals surface area contributed by atoms with Crippen LogP contribution < -0.4 is 21.7 Å². The van der Waals surface area contributed by atoms with Crippen molar-refractivity contribution in [2.24, 2.45) is 5.73 Å². The van der Waals surface area contributed by atoms with Gasteiger partial charge in [-0.15, -0.1) is 11.8 Å². The molecule has 0 aliphatic rings. The van der Waals surface area contributed by atoms with Crippen molar-refractivity contribution in [3.05, 3.63) is 59.7 Å². The van der Waals surface area contributed by atoms with Gasteiger partial charge in [0.05, 0.1) is 18.5 Å². The van der Waals surface area contributed by atoms with Crippen LogP contribution in [0.3, 0.4) is 0 Å². The Kier molecular flexibility index (Phi) is 9.24. The standard InChI is InChI=1S/C21H23N5O6S/c22-21(23)26-13-5-3-4-12(8-13)19(30)24-10-17(27)25-14(9-18(28)29)11-33-16-7-2-1-6-15(16)20(31)32/h1-8,14H,9-11H2,(H,24,30)(H,25,27)(H,28,29)(H,31,32)(H4,22,23,26)/t14-/m1/s1. The fourth-order valence-electron chi connectivity index (χ4n) is 2.76. The maximum Gasteiger partial charge on any atom is 0.336 e. The van der Waals surface area contributed by atoms with Gasteiger partial charge in [-0.1, -0.05) is 18.2 Å². The summed E-state index contributed by atoms with van der Waals surface area (Å²) >= 11 is 1.11. The smallest absolute Gasteiger partial charge is 0.336 e. The number of thioether (sulfide) groups is 1. The molecule has 0 fully saturated rings. The van der Waals surface area contributed by atoms with Gasteiger partial charge < -0.3 is 31.9 Å². The zero-order valence-electron chi connectivity index (χ0n) is 17.3. The largest absolute Gasteiger partial charge is 0.481 e. The normalized spacial score (nSPS) is 11.2. The van der Waals surface area contributed by atoms with Gasteiger partial charge in [-0.2, -0.15) is 0 Å². The second-order valence-corrected chi connectivity index (χ2v) is 7.84. The van der Waals surface area contributed by atoms with Crippen LogP contribution in [-0.2, 0) is 9.59 Å². The van der Waals surface area contributed by atoms with E-state index >= 15 is 0 Å². The average Bonchev–Trinajstić information content (AvgIpc) is 2.75. The molecule has 0 bridgehead atoms. The summed E-state index contributed by atoms with van der Waals surface area (Å²) in [7, 11) is 0. The maximum atomic E-state index is 12.3. The fraction of sp³-hybridized carbons (Fsp3) is 0.190. The lowest BCUT2D eigenvalue weighted by molar-refractivity contribution is -0.137. The summed E-state index contributed by atoms with van der Waals surface area (Å²) in [6.45, 7) is -0.393. The van der Waals surface area contributed by atoms with Crippen molar-refractivity contribution in [2.45, 2.75) is 17.4 Å². The second-order valence-electron chi connectivity index (χ2n) is 6.78. The highest BCUT2D eigenvalue weighted by molar-refractivity contribution is 7.99.